The number of nitrogens with zero attached hydrogens (tertiary/aromatic N) is 1. The number of hydrogen-bond donors (Lipinski definition) is 1. The first-order valence-electron chi connectivity index (χ1n) is 6.38. The molecular weight excluding hydrogens is 400 g/mol. The zero-order chi connectivity index (χ0) is 15.7. The van der Waals surface area contributed by atoms with E-state index in [1.165, 1.54) is 10.6 Å². The number of nitrogens with one attached hydrogen (secondary N) is 1. The summed E-state index contributed by atoms with van der Waals surface area (Å²) >= 11 is 4.41. The molecule has 0 spiro atoms. The SMILES string of the molecule is CS(=O)(=O)N1CCC(CNS(=O)(=O)c2ccc(Br)s2)CC1. The lowest BCUT2D eigenvalue weighted by Crippen LogP contribution is -2.40. The maximum absolute atomic E-state index is 12.1. The van der Waals surface area contributed by atoms with Crippen molar-refractivity contribution in [3.8, 4) is 0 Å². The van der Waals surface area contributed by atoms with Crippen molar-refractivity contribution in [2.24, 2.45) is 5.92 Å². The Morgan fingerprint density at radius 2 is 1.90 bits per heavy atom. The Kier molecular flexibility index (Phi) is 5.48. The van der Waals surface area contributed by atoms with E-state index in [0.717, 1.165) is 15.1 Å². The predicted molar refractivity (Wildman–Crippen MR) is 86.3 cm³/mol. The Balaban J connectivity index is 1.88. The summed E-state index contributed by atoms with van der Waals surface area (Å²) in [6, 6.07) is 3.26. The summed E-state index contributed by atoms with van der Waals surface area (Å²) in [5.74, 6) is 0.168. The summed E-state index contributed by atoms with van der Waals surface area (Å²) in [6.07, 6.45) is 2.54. The molecule has 1 aromatic rings. The third-order valence-electron chi connectivity index (χ3n) is 3.42. The molecule has 1 saturated heterocycles. The van der Waals surface area contributed by atoms with Gasteiger partial charge in [-0.2, -0.15) is 0 Å². The molecule has 0 unspecified atom stereocenters. The molecule has 0 aromatic carbocycles. The Bertz CT molecular complexity index is 691. The lowest BCUT2D eigenvalue weighted by molar-refractivity contribution is 0.275. The second-order valence-corrected chi connectivity index (χ2v) is 11.5. The van der Waals surface area contributed by atoms with E-state index in [-0.39, 0.29) is 10.1 Å². The number of halogens is 1. The van der Waals surface area contributed by atoms with Gasteiger partial charge in [0, 0.05) is 19.6 Å². The minimum atomic E-state index is -3.47. The molecule has 1 aromatic heterocycles. The van der Waals surface area contributed by atoms with Crippen LogP contribution in [-0.4, -0.2) is 47.0 Å². The van der Waals surface area contributed by atoms with Crippen molar-refractivity contribution in [2.45, 2.75) is 17.1 Å². The highest BCUT2D eigenvalue weighted by molar-refractivity contribution is 9.11. The minimum Gasteiger partial charge on any atom is -0.213 e. The third kappa shape index (κ3) is 4.73. The van der Waals surface area contributed by atoms with Gasteiger partial charge in [-0.25, -0.2) is 25.9 Å². The Morgan fingerprint density at radius 3 is 2.38 bits per heavy atom. The van der Waals surface area contributed by atoms with Gasteiger partial charge in [0.05, 0.1) is 10.0 Å². The fourth-order valence-corrected chi connectivity index (χ4v) is 6.23. The van der Waals surface area contributed by atoms with E-state index in [2.05, 4.69) is 20.7 Å². The van der Waals surface area contributed by atoms with Crippen LogP contribution < -0.4 is 4.72 Å². The van der Waals surface area contributed by atoms with Crippen LogP contribution in [0.3, 0.4) is 0 Å². The van der Waals surface area contributed by atoms with Crippen molar-refractivity contribution >= 4 is 47.3 Å². The molecule has 1 aliphatic rings. The van der Waals surface area contributed by atoms with Crippen molar-refractivity contribution in [1.82, 2.24) is 9.03 Å². The molecule has 0 aliphatic carbocycles. The summed E-state index contributed by atoms with van der Waals surface area (Å²) in [7, 11) is -6.62. The Hall–Kier alpha value is -0.0000000000000000833. The highest BCUT2D eigenvalue weighted by Crippen LogP contribution is 2.26. The quantitative estimate of drug-likeness (QED) is 0.787. The molecule has 2 rings (SSSR count). The highest BCUT2D eigenvalue weighted by atomic mass is 79.9. The monoisotopic (exact) mass is 416 g/mol. The third-order valence-corrected chi connectivity index (χ3v) is 8.26. The fraction of sp³-hybridized carbons (Fsp3) is 0.636. The molecule has 0 atom stereocenters. The van der Waals surface area contributed by atoms with Crippen molar-refractivity contribution in [2.75, 3.05) is 25.9 Å². The fourth-order valence-electron chi connectivity index (χ4n) is 2.19. The average molecular weight is 417 g/mol. The van der Waals surface area contributed by atoms with Gasteiger partial charge in [-0.05, 0) is 46.8 Å². The van der Waals surface area contributed by atoms with Crippen molar-refractivity contribution in [3.63, 3.8) is 0 Å². The van der Waals surface area contributed by atoms with Crippen LogP contribution >= 0.6 is 27.3 Å². The van der Waals surface area contributed by atoms with Crippen LogP contribution in [0.2, 0.25) is 0 Å². The zero-order valence-corrected chi connectivity index (χ0v) is 15.5. The van der Waals surface area contributed by atoms with E-state index in [9.17, 15) is 16.8 Å². The van der Waals surface area contributed by atoms with E-state index in [1.54, 1.807) is 12.1 Å². The number of rotatable bonds is 5. The van der Waals surface area contributed by atoms with Crippen LogP contribution in [0.15, 0.2) is 20.1 Å². The molecule has 10 heteroatoms. The first kappa shape index (κ1) is 17.4. The minimum absolute atomic E-state index is 0.168. The molecule has 0 amide bonds. The largest absolute Gasteiger partial charge is 0.250 e. The van der Waals surface area contributed by atoms with Gasteiger partial charge in [-0.1, -0.05) is 0 Å². The second-order valence-electron chi connectivity index (χ2n) is 5.02. The van der Waals surface area contributed by atoms with Gasteiger partial charge in [0.15, 0.2) is 0 Å². The molecular formula is C11H17BrN2O4S3. The lowest BCUT2D eigenvalue weighted by Gasteiger charge is -2.30. The molecule has 0 saturated carbocycles. The lowest BCUT2D eigenvalue weighted by atomic mass is 9.99. The molecule has 120 valence electrons. The topological polar surface area (TPSA) is 83.6 Å². The highest BCUT2D eigenvalue weighted by Gasteiger charge is 2.26. The maximum atomic E-state index is 12.1. The van der Waals surface area contributed by atoms with Crippen LogP contribution in [0.4, 0.5) is 0 Å². The number of piperidine rings is 1. The molecule has 1 fully saturated rings. The summed E-state index contributed by atoms with van der Waals surface area (Å²) in [4.78, 5) is 0. The van der Waals surface area contributed by atoms with Gasteiger partial charge < -0.3 is 0 Å². The van der Waals surface area contributed by atoms with E-state index in [0.29, 0.717) is 32.5 Å². The molecule has 1 aliphatic heterocycles. The molecule has 6 nitrogen and oxygen atoms in total. The maximum Gasteiger partial charge on any atom is 0.250 e. The summed E-state index contributed by atoms with van der Waals surface area (Å²) in [5.41, 5.74) is 0. The van der Waals surface area contributed by atoms with E-state index in [4.69, 9.17) is 0 Å². The summed E-state index contributed by atoms with van der Waals surface area (Å²) in [6.45, 7) is 1.25. The zero-order valence-electron chi connectivity index (χ0n) is 11.5. The molecule has 21 heavy (non-hydrogen) atoms. The predicted octanol–water partition coefficient (Wildman–Crippen LogP) is 1.46. The van der Waals surface area contributed by atoms with Crippen LogP contribution in [0, 0.1) is 5.92 Å². The standard InChI is InChI=1S/C11H17BrN2O4S3/c1-20(15,16)14-6-4-9(5-7-14)8-13-21(17,18)11-3-2-10(12)19-11/h2-3,9,13H,4-8H2,1H3. The van der Waals surface area contributed by atoms with Gasteiger partial charge in [-0.15, -0.1) is 11.3 Å². The Labute approximate surface area is 137 Å². The van der Waals surface area contributed by atoms with Gasteiger partial charge in [-0.3, -0.25) is 0 Å². The van der Waals surface area contributed by atoms with E-state index < -0.39 is 20.0 Å². The first-order chi connectivity index (χ1) is 9.68. The number of thiophene rings is 1. The first-order valence-corrected chi connectivity index (χ1v) is 11.3. The second kappa shape index (κ2) is 6.63. The van der Waals surface area contributed by atoms with E-state index >= 15 is 0 Å². The van der Waals surface area contributed by atoms with Crippen molar-refractivity contribution < 1.29 is 16.8 Å². The van der Waals surface area contributed by atoms with Gasteiger partial charge in [0.1, 0.15) is 4.21 Å². The molecule has 1 N–H and O–H groups in total. The van der Waals surface area contributed by atoms with Gasteiger partial charge >= 0.3 is 0 Å². The molecule has 0 radical (unpaired) electrons. The average Bonchev–Trinajstić information content (AvgIpc) is 2.83. The number of sulfonamides is 2. The van der Waals surface area contributed by atoms with Crippen LogP contribution in [0.1, 0.15) is 12.8 Å². The molecule has 0 bridgehead atoms. The van der Waals surface area contributed by atoms with Crippen molar-refractivity contribution in [3.05, 3.63) is 15.9 Å². The molecule has 2 heterocycles. The van der Waals surface area contributed by atoms with Crippen LogP contribution in [-0.2, 0) is 20.0 Å². The smallest absolute Gasteiger partial charge is 0.213 e. The van der Waals surface area contributed by atoms with E-state index in [1.807, 2.05) is 0 Å². The summed E-state index contributed by atoms with van der Waals surface area (Å²) in [5, 5.41) is 0. The number of hydrogen-bond acceptors (Lipinski definition) is 5. The van der Waals surface area contributed by atoms with Crippen molar-refractivity contribution in [1.29, 1.82) is 0 Å². The summed E-state index contributed by atoms with van der Waals surface area (Å²) < 4.78 is 52.1. The van der Waals surface area contributed by atoms with Gasteiger partial charge in [0.2, 0.25) is 20.0 Å². The Morgan fingerprint density at radius 1 is 1.29 bits per heavy atom. The normalized spacial score (nSPS) is 19.0. The van der Waals surface area contributed by atoms with Crippen LogP contribution in [0.25, 0.3) is 0 Å². The van der Waals surface area contributed by atoms with Gasteiger partial charge in [0.25, 0.3) is 0 Å². The van der Waals surface area contributed by atoms with Crippen LogP contribution in [0.5, 0.6) is 0 Å².